The number of carbonyl (C=O) groups excluding carboxylic acids is 2. The lowest BCUT2D eigenvalue weighted by atomic mass is 9.90. The molecule has 0 N–H and O–H groups in total. The summed E-state index contributed by atoms with van der Waals surface area (Å²) in [5.41, 5.74) is 2.78. The molecule has 0 aromatic carbocycles. The predicted octanol–water partition coefficient (Wildman–Crippen LogP) is 3.06. The quantitative estimate of drug-likeness (QED) is 0.517. The van der Waals surface area contributed by atoms with Gasteiger partial charge in [-0.25, -0.2) is 0 Å². The van der Waals surface area contributed by atoms with Crippen molar-refractivity contribution < 1.29 is 14.3 Å². The van der Waals surface area contributed by atoms with E-state index in [0.29, 0.717) is 17.8 Å². The van der Waals surface area contributed by atoms with E-state index in [1.54, 1.807) is 0 Å². The maximum absolute atomic E-state index is 12.0. The molecule has 0 atom stereocenters. The first-order valence-electron chi connectivity index (χ1n) is 6.23. The van der Waals surface area contributed by atoms with Crippen LogP contribution in [-0.2, 0) is 14.3 Å². The molecular weight excluding hydrogens is 216 g/mol. The summed E-state index contributed by atoms with van der Waals surface area (Å²) in [6.45, 7) is 3.25. The Morgan fingerprint density at radius 1 is 1.18 bits per heavy atom. The number of ketones is 1. The van der Waals surface area contributed by atoms with E-state index in [9.17, 15) is 9.59 Å². The van der Waals surface area contributed by atoms with Gasteiger partial charge in [0, 0.05) is 13.3 Å². The summed E-state index contributed by atoms with van der Waals surface area (Å²) in [7, 11) is 0. The van der Waals surface area contributed by atoms with Gasteiger partial charge in [0.05, 0.1) is 5.57 Å². The zero-order valence-electron chi connectivity index (χ0n) is 10.5. The highest BCUT2D eigenvalue weighted by molar-refractivity contribution is 6.05. The second-order valence-corrected chi connectivity index (χ2v) is 4.84. The molecule has 1 fully saturated rings. The van der Waals surface area contributed by atoms with Crippen LogP contribution in [0.25, 0.3) is 0 Å². The van der Waals surface area contributed by atoms with Crippen LogP contribution in [0.2, 0.25) is 0 Å². The van der Waals surface area contributed by atoms with Crippen LogP contribution < -0.4 is 0 Å². The maximum atomic E-state index is 12.0. The Labute approximate surface area is 102 Å². The van der Waals surface area contributed by atoms with E-state index in [-0.39, 0.29) is 11.8 Å². The van der Waals surface area contributed by atoms with Gasteiger partial charge in [-0.05, 0) is 38.2 Å². The van der Waals surface area contributed by atoms with Gasteiger partial charge in [-0.3, -0.25) is 9.59 Å². The van der Waals surface area contributed by atoms with Crippen LogP contribution in [0.1, 0.15) is 52.4 Å². The molecule has 2 aliphatic carbocycles. The first kappa shape index (κ1) is 12.1. The zero-order valence-corrected chi connectivity index (χ0v) is 10.5. The van der Waals surface area contributed by atoms with E-state index in [1.165, 1.54) is 18.9 Å². The second-order valence-electron chi connectivity index (χ2n) is 4.84. The highest BCUT2D eigenvalue weighted by Crippen LogP contribution is 2.36. The number of hydrogen-bond acceptors (Lipinski definition) is 3. The van der Waals surface area contributed by atoms with Crippen molar-refractivity contribution >= 4 is 11.8 Å². The standard InChI is InChI=1S/C14H18O3/c1-9-8-12(16)13(14(9)17-10(2)15)11-6-4-3-5-7-11/h3-8H2,1-2H3. The molecule has 0 aromatic heterocycles. The fourth-order valence-electron chi connectivity index (χ4n) is 2.62. The first-order chi connectivity index (χ1) is 8.09. The summed E-state index contributed by atoms with van der Waals surface area (Å²) in [5.74, 6) is 0.318. The average molecular weight is 234 g/mol. The van der Waals surface area contributed by atoms with Gasteiger partial charge in [-0.15, -0.1) is 0 Å². The van der Waals surface area contributed by atoms with Crippen LogP contribution in [0.5, 0.6) is 0 Å². The Hall–Kier alpha value is -1.38. The van der Waals surface area contributed by atoms with Crippen molar-refractivity contribution in [2.75, 3.05) is 0 Å². The summed E-state index contributed by atoms with van der Waals surface area (Å²) in [6.07, 6.45) is 5.85. The van der Waals surface area contributed by atoms with E-state index < -0.39 is 0 Å². The van der Waals surface area contributed by atoms with Crippen LogP contribution in [0, 0.1) is 0 Å². The number of carbonyl (C=O) groups is 2. The SMILES string of the molecule is CC(=O)OC1=C(C)CC(=O)C1=C1CCCCC1. The smallest absolute Gasteiger partial charge is 0.308 e. The van der Waals surface area contributed by atoms with Crippen LogP contribution in [0.15, 0.2) is 22.5 Å². The number of esters is 1. The lowest BCUT2D eigenvalue weighted by Gasteiger charge is -2.17. The number of ether oxygens (including phenoxy) is 1. The van der Waals surface area contributed by atoms with Gasteiger partial charge in [-0.1, -0.05) is 12.0 Å². The van der Waals surface area contributed by atoms with E-state index in [1.807, 2.05) is 6.92 Å². The lowest BCUT2D eigenvalue weighted by molar-refractivity contribution is -0.136. The van der Waals surface area contributed by atoms with Gasteiger partial charge in [-0.2, -0.15) is 0 Å². The molecule has 0 amide bonds. The number of allylic oxidation sites excluding steroid dienone is 3. The minimum absolute atomic E-state index is 0.121. The predicted molar refractivity (Wildman–Crippen MR) is 64.2 cm³/mol. The Bertz CT molecular complexity index is 419. The van der Waals surface area contributed by atoms with Gasteiger partial charge in [0.25, 0.3) is 0 Å². The van der Waals surface area contributed by atoms with Gasteiger partial charge in [0.15, 0.2) is 5.78 Å². The van der Waals surface area contributed by atoms with E-state index >= 15 is 0 Å². The van der Waals surface area contributed by atoms with E-state index in [0.717, 1.165) is 31.3 Å². The normalized spacial score (nSPS) is 21.2. The first-order valence-corrected chi connectivity index (χ1v) is 6.23. The van der Waals surface area contributed by atoms with Crippen molar-refractivity contribution in [2.45, 2.75) is 52.4 Å². The number of hydrogen-bond donors (Lipinski definition) is 0. The Morgan fingerprint density at radius 2 is 1.82 bits per heavy atom. The molecule has 2 aliphatic rings. The van der Waals surface area contributed by atoms with Crippen molar-refractivity contribution in [3.05, 3.63) is 22.5 Å². The largest absolute Gasteiger partial charge is 0.426 e. The molecule has 17 heavy (non-hydrogen) atoms. The molecule has 0 bridgehead atoms. The molecule has 2 rings (SSSR count). The van der Waals surface area contributed by atoms with E-state index in [2.05, 4.69) is 0 Å². The van der Waals surface area contributed by atoms with Crippen molar-refractivity contribution in [1.29, 1.82) is 0 Å². The fourth-order valence-corrected chi connectivity index (χ4v) is 2.62. The van der Waals surface area contributed by atoms with Crippen molar-refractivity contribution in [2.24, 2.45) is 0 Å². The highest BCUT2D eigenvalue weighted by atomic mass is 16.5. The summed E-state index contributed by atoms with van der Waals surface area (Å²) < 4.78 is 5.22. The van der Waals surface area contributed by atoms with Gasteiger partial charge >= 0.3 is 5.97 Å². The summed E-state index contributed by atoms with van der Waals surface area (Å²) in [4.78, 5) is 23.1. The van der Waals surface area contributed by atoms with E-state index in [4.69, 9.17) is 4.74 Å². The Kier molecular flexibility index (Phi) is 3.46. The molecule has 3 heteroatoms. The zero-order chi connectivity index (χ0) is 12.4. The van der Waals surface area contributed by atoms with Crippen molar-refractivity contribution in [1.82, 2.24) is 0 Å². The topological polar surface area (TPSA) is 43.4 Å². The maximum Gasteiger partial charge on any atom is 0.308 e. The van der Waals surface area contributed by atoms with Crippen molar-refractivity contribution in [3.63, 3.8) is 0 Å². The molecule has 0 aliphatic heterocycles. The van der Waals surface area contributed by atoms with Gasteiger partial charge < -0.3 is 4.74 Å². The summed E-state index contributed by atoms with van der Waals surface area (Å²) >= 11 is 0. The molecule has 0 aromatic rings. The number of rotatable bonds is 1. The van der Waals surface area contributed by atoms with Crippen LogP contribution in [-0.4, -0.2) is 11.8 Å². The molecule has 0 heterocycles. The molecule has 0 saturated heterocycles. The monoisotopic (exact) mass is 234 g/mol. The molecule has 0 spiro atoms. The molecule has 0 radical (unpaired) electrons. The highest BCUT2D eigenvalue weighted by Gasteiger charge is 2.30. The molecule has 1 saturated carbocycles. The van der Waals surface area contributed by atoms with Crippen LogP contribution in [0.4, 0.5) is 0 Å². The number of Topliss-reactive ketones (excluding diaryl/α,β-unsaturated/α-hetero) is 1. The molecule has 0 unspecified atom stereocenters. The Balaban J connectivity index is 2.35. The van der Waals surface area contributed by atoms with Crippen molar-refractivity contribution in [3.8, 4) is 0 Å². The summed E-state index contributed by atoms with van der Waals surface area (Å²) in [6, 6.07) is 0. The van der Waals surface area contributed by atoms with Crippen LogP contribution >= 0.6 is 0 Å². The summed E-state index contributed by atoms with van der Waals surface area (Å²) in [5, 5.41) is 0. The third-order valence-electron chi connectivity index (χ3n) is 3.38. The fraction of sp³-hybridized carbons (Fsp3) is 0.571. The third kappa shape index (κ3) is 2.48. The van der Waals surface area contributed by atoms with Crippen LogP contribution in [0.3, 0.4) is 0 Å². The lowest BCUT2D eigenvalue weighted by Crippen LogP contribution is -2.08. The molecule has 3 nitrogen and oxygen atoms in total. The molecule has 92 valence electrons. The molecular formula is C14H18O3. The van der Waals surface area contributed by atoms with Gasteiger partial charge in [0.1, 0.15) is 5.76 Å². The van der Waals surface area contributed by atoms with Gasteiger partial charge in [0.2, 0.25) is 0 Å². The minimum atomic E-state index is -0.344. The average Bonchev–Trinajstić information content (AvgIpc) is 2.54. The second kappa shape index (κ2) is 4.86. The Morgan fingerprint density at radius 3 is 2.41 bits per heavy atom. The third-order valence-corrected chi connectivity index (χ3v) is 3.38. The minimum Gasteiger partial charge on any atom is -0.426 e.